The Hall–Kier alpha value is -2.27. The fraction of sp³-hybridized carbons (Fsp3) is 0.211. The van der Waals surface area contributed by atoms with Gasteiger partial charge in [0.25, 0.3) is 0 Å². The Bertz CT molecular complexity index is 959. The van der Waals surface area contributed by atoms with Crippen LogP contribution < -0.4 is 15.1 Å². The summed E-state index contributed by atoms with van der Waals surface area (Å²) in [4.78, 5) is 12.7. The average Bonchev–Trinajstić information content (AvgIpc) is 2.60. The molecule has 3 aromatic rings. The summed E-state index contributed by atoms with van der Waals surface area (Å²) in [6.45, 7) is 1.98. The fourth-order valence-electron chi connectivity index (χ4n) is 2.79. The maximum atomic E-state index is 12.7. The molecule has 0 radical (unpaired) electrons. The third-order valence-corrected chi connectivity index (χ3v) is 4.54. The Morgan fingerprint density at radius 1 is 1.08 bits per heavy atom. The second kappa shape index (κ2) is 6.69. The number of ether oxygens (including phenoxy) is 2. The number of benzene rings is 2. The second-order valence-corrected chi connectivity index (χ2v) is 6.00. The molecule has 0 N–H and O–H groups in total. The van der Waals surface area contributed by atoms with Crippen LogP contribution in [0.25, 0.3) is 22.1 Å². The first kappa shape index (κ1) is 16.6. The lowest BCUT2D eigenvalue weighted by molar-refractivity contribution is 0.413. The highest BCUT2D eigenvalue weighted by Gasteiger charge is 2.19. The Kier molecular flexibility index (Phi) is 4.62. The van der Waals surface area contributed by atoms with Gasteiger partial charge in [-0.25, -0.2) is 4.79 Å². The largest absolute Gasteiger partial charge is 0.497 e. The van der Waals surface area contributed by atoms with Crippen LogP contribution in [0.2, 0.25) is 0 Å². The zero-order valence-corrected chi connectivity index (χ0v) is 15.3. The lowest BCUT2D eigenvalue weighted by Gasteiger charge is -2.13. The van der Waals surface area contributed by atoms with Crippen molar-refractivity contribution >= 4 is 26.9 Å². The van der Waals surface area contributed by atoms with Gasteiger partial charge < -0.3 is 13.9 Å². The normalized spacial score (nSPS) is 10.8. The number of halogens is 1. The van der Waals surface area contributed by atoms with Gasteiger partial charge in [0.1, 0.15) is 17.1 Å². The molecule has 0 bridgehead atoms. The van der Waals surface area contributed by atoms with Crippen molar-refractivity contribution in [3.8, 4) is 22.6 Å². The van der Waals surface area contributed by atoms with Crippen molar-refractivity contribution < 1.29 is 13.9 Å². The smallest absolute Gasteiger partial charge is 0.344 e. The molecule has 1 heterocycles. The van der Waals surface area contributed by atoms with Gasteiger partial charge in [-0.1, -0.05) is 28.1 Å². The Morgan fingerprint density at radius 3 is 2.54 bits per heavy atom. The number of hydrogen-bond donors (Lipinski definition) is 0. The maximum absolute atomic E-state index is 12.7. The molecule has 0 aliphatic carbocycles. The third kappa shape index (κ3) is 2.80. The molecule has 0 aliphatic rings. The lowest BCUT2D eigenvalue weighted by Crippen LogP contribution is -2.08. The summed E-state index contributed by atoms with van der Waals surface area (Å²) in [6, 6.07) is 11.2. The Morgan fingerprint density at radius 2 is 1.88 bits per heavy atom. The number of alkyl halides is 1. The molecule has 24 heavy (non-hydrogen) atoms. The van der Waals surface area contributed by atoms with Gasteiger partial charge in [0.15, 0.2) is 0 Å². The van der Waals surface area contributed by atoms with Crippen molar-refractivity contribution in [3.05, 3.63) is 57.9 Å². The zero-order chi connectivity index (χ0) is 17.3. The van der Waals surface area contributed by atoms with Gasteiger partial charge in [0, 0.05) is 22.3 Å². The predicted molar refractivity (Wildman–Crippen MR) is 98.4 cm³/mol. The van der Waals surface area contributed by atoms with Crippen molar-refractivity contribution in [2.75, 3.05) is 14.2 Å². The molecule has 124 valence electrons. The minimum Gasteiger partial charge on any atom is -0.497 e. The number of aryl methyl sites for hydroxylation is 1. The molecule has 0 fully saturated rings. The molecule has 0 saturated carbocycles. The maximum Gasteiger partial charge on any atom is 0.344 e. The van der Waals surface area contributed by atoms with E-state index in [4.69, 9.17) is 13.9 Å². The average molecular weight is 389 g/mol. The molecule has 0 atom stereocenters. The van der Waals surface area contributed by atoms with E-state index in [1.807, 2.05) is 37.3 Å². The van der Waals surface area contributed by atoms with Crippen LogP contribution in [0.3, 0.4) is 0 Å². The monoisotopic (exact) mass is 388 g/mol. The highest BCUT2D eigenvalue weighted by molar-refractivity contribution is 9.08. The topological polar surface area (TPSA) is 48.7 Å². The predicted octanol–water partition coefficient (Wildman–Crippen LogP) is 4.68. The molecule has 5 heteroatoms. The van der Waals surface area contributed by atoms with Crippen LogP contribution in [0.4, 0.5) is 0 Å². The summed E-state index contributed by atoms with van der Waals surface area (Å²) in [6.07, 6.45) is 0. The van der Waals surface area contributed by atoms with Crippen LogP contribution >= 0.6 is 15.9 Å². The van der Waals surface area contributed by atoms with Crippen LogP contribution in [-0.2, 0) is 5.33 Å². The molecule has 0 saturated heterocycles. The molecular formula is C19H17BrO4. The van der Waals surface area contributed by atoms with Gasteiger partial charge in [0.05, 0.1) is 19.8 Å². The van der Waals surface area contributed by atoms with Gasteiger partial charge in [-0.05, 0) is 36.2 Å². The highest BCUT2D eigenvalue weighted by Crippen LogP contribution is 2.35. The summed E-state index contributed by atoms with van der Waals surface area (Å²) in [7, 11) is 3.18. The third-order valence-electron chi connectivity index (χ3n) is 3.98. The van der Waals surface area contributed by atoms with Crippen molar-refractivity contribution in [3.63, 3.8) is 0 Å². The van der Waals surface area contributed by atoms with Gasteiger partial charge in [-0.15, -0.1) is 0 Å². The zero-order valence-electron chi connectivity index (χ0n) is 13.7. The van der Waals surface area contributed by atoms with E-state index in [9.17, 15) is 4.79 Å². The summed E-state index contributed by atoms with van der Waals surface area (Å²) >= 11 is 3.50. The van der Waals surface area contributed by atoms with E-state index in [1.165, 1.54) is 0 Å². The molecule has 4 nitrogen and oxygen atoms in total. The molecular weight excluding hydrogens is 372 g/mol. The first-order chi connectivity index (χ1) is 11.6. The van der Waals surface area contributed by atoms with E-state index in [0.29, 0.717) is 28.0 Å². The number of methoxy groups -OCH3 is 2. The van der Waals surface area contributed by atoms with Gasteiger partial charge in [-0.2, -0.15) is 0 Å². The molecule has 1 aromatic heterocycles. The van der Waals surface area contributed by atoms with Crippen molar-refractivity contribution in [2.45, 2.75) is 12.3 Å². The Labute approximate surface area is 148 Å². The molecule has 3 rings (SSSR count). The number of hydrogen-bond acceptors (Lipinski definition) is 4. The lowest BCUT2D eigenvalue weighted by atomic mass is 9.98. The molecule has 0 spiro atoms. The summed E-state index contributed by atoms with van der Waals surface area (Å²) in [5.74, 6) is 1.30. The van der Waals surface area contributed by atoms with Gasteiger partial charge in [-0.3, -0.25) is 0 Å². The second-order valence-electron chi connectivity index (χ2n) is 5.44. The molecule has 0 unspecified atom stereocenters. The number of fused-ring (bicyclic) bond motifs is 1. The van der Waals surface area contributed by atoms with Crippen LogP contribution in [0.1, 0.15) is 11.1 Å². The van der Waals surface area contributed by atoms with Crippen molar-refractivity contribution in [1.82, 2.24) is 0 Å². The molecule has 2 aromatic carbocycles. The molecule has 0 amide bonds. The van der Waals surface area contributed by atoms with E-state index in [-0.39, 0.29) is 0 Å². The highest BCUT2D eigenvalue weighted by atomic mass is 79.9. The standard InChI is InChI=1S/C19H17BrO4/c1-11-4-6-14(16(8-11)23-3)18-15(10-20)13-7-5-12(22-2)9-17(13)24-19(18)21/h4-9H,10H2,1-3H3. The first-order valence-corrected chi connectivity index (χ1v) is 8.56. The van der Waals surface area contributed by atoms with Crippen LogP contribution in [0.5, 0.6) is 11.5 Å². The number of rotatable bonds is 4. The Balaban J connectivity index is 2.37. The van der Waals surface area contributed by atoms with Crippen LogP contribution in [0, 0.1) is 6.92 Å². The van der Waals surface area contributed by atoms with Gasteiger partial charge >= 0.3 is 5.63 Å². The van der Waals surface area contributed by atoms with Gasteiger partial charge in [0.2, 0.25) is 0 Å². The summed E-state index contributed by atoms with van der Waals surface area (Å²) in [5, 5.41) is 1.39. The van der Waals surface area contributed by atoms with Crippen LogP contribution in [-0.4, -0.2) is 14.2 Å². The SMILES string of the molecule is COc1ccc2c(CBr)c(-c3ccc(C)cc3OC)c(=O)oc2c1. The fourth-order valence-corrected chi connectivity index (χ4v) is 3.37. The van der Waals surface area contributed by atoms with Crippen molar-refractivity contribution in [2.24, 2.45) is 0 Å². The van der Waals surface area contributed by atoms with E-state index >= 15 is 0 Å². The summed E-state index contributed by atoms with van der Waals surface area (Å²) < 4.78 is 16.2. The van der Waals surface area contributed by atoms with E-state index in [0.717, 1.165) is 22.1 Å². The minimum absolute atomic E-state index is 0.396. The van der Waals surface area contributed by atoms with E-state index < -0.39 is 5.63 Å². The first-order valence-electron chi connectivity index (χ1n) is 7.43. The summed E-state index contributed by atoms with van der Waals surface area (Å²) in [5.41, 5.74) is 3.28. The quantitative estimate of drug-likeness (QED) is 0.480. The molecule has 0 aliphatic heterocycles. The minimum atomic E-state index is -0.396. The van der Waals surface area contributed by atoms with E-state index in [2.05, 4.69) is 15.9 Å². The van der Waals surface area contributed by atoms with Crippen molar-refractivity contribution in [1.29, 1.82) is 0 Å². The van der Waals surface area contributed by atoms with E-state index in [1.54, 1.807) is 20.3 Å². The van der Waals surface area contributed by atoms with Crippen LogP contribution in [0.15, 0.2) is 45.6 Å².